The van der Waals surface area contributed by atoms with Gasteiger partial charge in [0.25, 0.3) is 0 Å². The summed E-state index contributed by atoms with van der Waals surface area (Å²) >= 11 is 0. The zero-order valence-corrected chi connectivity index (χ0v) is 17.0. The maximum atomic E-state index is 13.8. The number of benzene rings is 2. The summed E-state index contributed by atoms with van der Waals surface area (Å²) in [5.74, 6) is -0.0612. The Morgan fingerprint density at radius 3 is 2.43 bits per heavy atom. The standard InChI is InChI=1S/C20H25FN2O4S/c1-15(18-7-4-5-8-19(18)21)22-20(24)9-6-14-23(2)28(25,26)17-12-10-16(27-3)11-13-17/h4-5,7-8,10-13,15H,6,9,14H2,1-3H3,(H,22,24). The van der Waals surface area contributed by atoms with Gasteiger partial charge in [-0.05, 0) is 43.7 Å². The van der Waals surface area contributed by atoms with Gasteiger partial charge in [0.2, 0.25) is 15.9 Å². The Kier molecular flexibility index (Phi) is 7.53. The van der Waals surface area contributed by atoms with Crippen LogP contribution in [-0.4, -0.2) is 39.3 Å². The molecule has 2 aromatic carbocycles. The number of hydrogen-bond acceptors (Lipinski definition) is 4. The van der Waals surface area contributed by atoms with Crippen molar-refractivity contribution in [3.8, 4) is 5.75 Å². The lowest BCUT2D eigenvalue weighted by atomic mass is 10.1. The van der Waals surface area contributed by atoms with Crippen LogP contribution in [0.5, 0.6) is 5.75 Å². The minimum Gasteiger partial charge on any atom is -0.497 e. The molecule has 8 heteroatoms. The Morgan fingerprint density at radius 2 is 1.82 bits per heavy atom. The molecule has 6 nitrogen and oxygen atoms in total. The second-order valence-electron chi connectivity index (χ2n) is 6.42. The fourth-order valence-electron chi connectivity index (χ4n) is 2.73. The first-order valence-corrected chi connectivity index (χ1v) is 10.3. The minimum atomic E-state index is -3.64. The van der Waals surface area contributed by atoms with Crippen molar-refractivity contribution in [3.63, 3.8) is 0 Å². The minimum absolute atomic E-state index is 0.140. The molecule has 0 saturated heterocycles. The number of halogens is 1. The Balaban J connectivity index is 1.86. The van der Waals surface area contributed by atoms with E-state index in [-0.39, 0.29) is 29.6 Å². The summed E-state index contributed by atoms with van der Waals surface area (Å²) < 4.78 is 45.1. The summed E-state index contributed by atoms with van der Waals surface area (Å²) in [6.45, 7) is 1.90. The van der Waals surface area contributed by atoms with Gasteiger partial charge in [-0.25, -0.2) is 17.1 Å². The zero-order valence-electron chi connectivity index (χ0n) is 16.2. The van der Waals surface area contributed by atoms with E-state index in [0.29, 0.717) is 17.7 Å². The molecule has 1 atom stereocenters. The van der Waals surface area contributed by atoms with E-state index in [1.54, 1.807) is 37.3 Å². The molecule has 0 heterocycles. The predicted octanol–water partition coefficient (Wildman–Crippen LogP) is 3.11. The van der Waals surface area contributed by atoms with Crippen LogP contribution in [0.25, 0.3) is 0 Å². The number of carbonyl (C=O) groups excluding carboxylic acids is 1. The molecule has 2 aromatic rings. The van der Waals surface area contributed by atoms with E-state index in [0.717, 1.165) is 0 Å². The van der Waals surface area contributed by atoms with Crippen LogP contribution in [0.3, 0.4) is 0 Å². The van der Waals surface area contributed by atoms with Crippen molar-refractivity contribution in [2.75, 3.05) is 20.7 Å². The lowest BCUT2D eigenvalue weighted by Crippen LogP contribution is -2.30. The lowest BCUT2D eigenvalue weighted by Gasteiger charge is -2.18. The quantitative estimate of drug-likeness (QED) is 0.692. The third-order valence-corrected chi connectivity index (χ3v) is 6.26. The van der Waals surface area contributed by atoms with Crippen LogP contribution in [0, 0.1) is 5.82 Å². The van der Waals surface area contributed by atoms with Gasteiger partial charge < -0.3 is 10.1 Å². The van der Waals surface area contributed by atoms with Crippen LogP contribution in [0.4, 0.5) is 4.39 Å². The first-order valence-electron chi connectivity index (χ1n) is 8.90. The van der Waals surface area contributed by atoms with Crippen LogP contribution in [-0.2, 0) is 14.8 Å². The van der Waals surface area contributed by atoms with Crippen molar-refractivity contribution in [1.29, 1.82) is 0 Å². The van der Waals surface area contributed by atoms with E-state index < -0.39 is 16.1 Å². The second kappa shape index (κ2) is 9.66. The summed E-state index contributed by atoms with van der Waals surface area (Å²) in [7, 11) is -0.658. The molecule has 28 heavy (non-hydrogen) atoms. The molecule has 0 aromatic heterocycles. The van der Waals surface area contributed by atoms with E-state index in [9.17, 15) is 17.6 Å². The highest BCUT2D eigenvalue weighted by atomic mass is 32.2. The largest absolute Gasteiger partial charge is 0.497 e. The monoisotopic (exact) mass is 408 g/mol. The first-order chi connectivity index (χ1) is 13.3. The van der Waals surface area contributed by atoms with E-state index in [1.807, 2.05) is 0 Å². The number of nitrogens with zero attached hydrogens (tertiary/aromatic N) is 1. The normalized spacial score (nSPS) is 12.6. The van der Waals surface area contributed by atoms with Crippen LogP contribution in [0.15, 0.2) is 53.4 Å². The molecule has 152 valence electrons. The molecule has 0 radical (unpaired) electrons. The molecular formula is C20H25FN2O4S. The molecule has 0 spiro atoms. The summed E-state index contributed by atoms with van der Waals surface area (Å²) in [6.07, 6.45) is 0.489. The highest BCUT2D eigenvalue weighted by Crippen LogP contribution is 2.19. The average Bonchev–Trinajstić information content (AvgIpc) is 2.68. The van der Waals surface area contributed by atoms with E-state index in [4.69, 9.17) is 4.74 Å². The highest BCUT2D eigenvalue weighted by Gasteiger charge is 2.21. The van der Waals surface area contributed by atoms with Gasteiger partial charge in [-0.3, -0.25) is 4.79 Å². The molecule has 0 fully saturated rings. The van der Waals surface area contributed by atoms with Crippen molar-refractivity contribution < 1.29 is 22.3 Å². The third-order valence-electron chi connectivity index (χ3n) is 4.39. The van der Waals surface area contributed by atoms with Gasteiger partial charge in [0.05, 0.1) is 18.0 Å². The number of amides is 1. The molecule has 1 unspecified atom stereocenters. The van der Waals surface area contributed by atoms with Crippen LogP contribution >= 0.6 is 0 Å². The molecule has 0 bridgehead atoms. The third kappa shape index (κ3) is 5.53. The predicted molar refractivity (Wildman–Crippen MR) is 105 cm³/mol. The smallest absolute Gasteiger partial charge is 0.242 e. The second-order valence-corrected chi connectivity index (χ2v) is 8.46. The van der Waals surface area contributed by atoms with Crippen molar-refractivity contribution in [3.05, 3.63) is 59.9 Å². The molecule has 0 aliphatic heterocycles. The van der Waals surface area contributed by atoms with Crippen LogP contribution < -0.4 is 10.1 Å². The number of carbonyl (C=O) groups is 1. The van der Waals surface area contributed by atoms with Crippen molar-refractivity contribution in [2.45, 2.75) is 30.7 Å². The van der Waals surface area contributed by atoms with E-state index in [2.05, 4.69) is 5.32 Å². The number of nitrogens with one attached hydrogen (secondary N) is 1. The lowest BCUT2D eigenvalue weighted by molar-refractivity contribution is -0.121. The summed E-state index contributed by atoms with van der Waals surface area (Å²) in [5.41, 5.74) is 0.412. The molecule has 0 aliphatic carbocycles. The Labute approximate surface area is 165 Å². The SMILES string of the molecule is COc1ccc(S(=O)(=O)N(C)CCCC(=O)NC(C)c2ccccc2F)cc1. The molecule has 2 rings (SSSR count). The van der Waals surface area contributed by atoms with Crippen LogP contribution in [0.1, 0.15) is 31.4 Å². The van der Waals surface area contributed by atoms with Crippen molar-refractivity contribution >= 4 is 15.9 Å². The van der Waals surface area contributed by atoms with Gasteiger partial charge in [-0.15, -0.1) is 0 Å². The molecular weight excluding hydrogens is 383 g/mol. The number of rotatable bonds is 9. The fraction of sp³-hybridized carbons (Fsp3) is 0.350. The number of hydrogen-bond donors (Lipinski definition) is 1. The van der Waals surface area contributed by atoms with Gasteiger partial charge in [-0.2, -0.15) is 0 Å². The topological polar surface area (TPSA) is 75.7 Å². The van der Waals surface area contributed by atoms with Crippen molar-refractivity contribution in [2.24, 2.45) is 0 Å². The summed E-state index contributed by atoms with van der Waals surface area (Å²) in [6, 6.07) is 11.9. The Morgan fingerprint density at radius 1 is 1.18 bits per heavy atom. The summed E-state index contributed by atoms with van der Waals surface area (Å²) in [5, 5.41) is 2.73. The molecule has 1 N–H and O–H groups in total. The van der Waals surface area contributed by atoms with Crippen LogP contribution in [0.2, 0.25) is 0 Å². The Bertz CT molecular complexity index is 901. The van der Waals surface area contributed by atoms with Crippen molar-refractivity contribution in [1.82, 2.24) is 9.62 Å². The van der Waals surface area contributed by atoms with Gasteiger partial charge in [0.15, 0.2) is 0 Å². The van der Waals surface area contributed by atoms with E-state index >= 15 is 0 Å². The first kappa shape index (κ1) is 21.8. The highest BCUT2D eigenvalue weighted by molar-refractivity contribution is 7.89. The maximum Gasteiger partial charge on any atom is 0.242 e. The number of sulfonamides is 1. The van der Waals surface area contributed by atoms with Gasteiger partial charge >= 0.3 is 0 Å². The average molecular weight is 408 g/mol. The van der Waals surface area contributed by atoms with Gasteiger partial charge in [0.1, 0.15) is 11.6 Å². The Hall–Kier alpha value is -2.45. The molecule has 1 amide bonds. The number of ether oxygens (including phenoxy) is 1. The molecule has 0 saturated carbocycles. The van der Waals surface area contributed by atoms with E-state index in [1.165, 1.54) is 36.7 Å². The number of methoxy groups -OCH3 is 1. The summed E-state index contributed by atoms with van der Waals surface area (Å²) in [4.78, 5) is 12.3. The molecule has 0 aliphatic rings. The maximum absolute atomic E-state index is 13.8. The zero-order chi connectivity index (χ0) is 20.7. The fourth-order valence-corrected chi connectivity index (χ4v) is 3.94. The van der Waals surface area contributed by atoms with Gasteiger partial charge in [0, 0.05) is 25.6 Å². The van der Waals surface area contributed by atoms with Gasteiger partial charge in [-0.1, -0.05) is 18.2 Å².